The maximum absolute atomic E-state index is 5.30. The van der Waals surface area contributed by atoms with Gasteiger partial charge in [0.15, 0.2) is 0 Å². The van der Waals surface area contributed by atoms with E-state index in [0.717, 1.165) is 17.8 Å². The van der Waals surface area contributed by atoms with Crippen LogP contribution in [0.1, 0.15) is 37.8 Å². The number of nitrogens with zero attached hydrogens (tertiary/aromatic N) is 2. The molecule has 5 rings (SSSR count). The molecule has 3 heteroatoms. The fourth-order valence-corrected chi connectivity index (χ4v) is 7.70. The third kappa shape index (κ3) is 5.41. The monoisotopic (exact) mass is 488 g/mol. The predicted octanol–water partition coefficient (Wildman–Crippen LogP) is 7.67. The Morgan fingerprint density at radius 3 is 1.75 bits per heavy atom. The van der Waals surface area contributed by atoms with E-state index in [1.165, 1.54) is 21.6 Å². The Labute approximate surface area is 216 Å². The average Bonchev–Trinajstić information content (AvgIpc) is 2.91. The van der Waals surface area contributed by atoms with Crippen LogP contribution >= 0.6 is 7.92 Å². The molecule has 0 bridgehead atoms. The quantitative estimate of drug-likeness (QED) is 0.219. The summed E-state index contributed by atoms with van der Waals surface area (Å²) >= 11 is 0. The van der Waals surface area contributed by atoms with Crippen LogP contribution < -0.4 is 10.6 Å². The summed E-state index contributed by atoms with van der Waals surface area (Å²) in [5.74, 6) is 0.0922. The Morgan fingerprint density at radius 1 is 0.639 bits per heavy atom. The Balaban J connectivity index is 1.75. The van der Waals surface area contributed by atoms with Gasteiger partial charge in [0, 0.05) is 17.5 Å². The van der Waals surface area contributed by atoms with E-state index in [4.69, 9.17) is 4.98 Å². The van der Waals surface area contributed by atoms with Crippen LogP contribution in [-0.4, -0.2) is 15.4 Å². The molecule has 1 unspecified atom stereocenters. The first-order valence-electron chi connectivity index (χ1n) is 12.6. The largest absolute Gasteiger partial charge is 0.281 e. The molecule has 0 saturated heterocycles. The summed E-state index contributed by atoms with van der Waals surface area (Å²) in [6.07, 6.45) is 0. The van der Waals surface area contributed by atoms with Crippen molar-refractivity contribution in [1.29, 1.82) is 0 Å². The minimum absolute atomic E-state index is 0.0853. The minimum Gasteiger partial charge on any atom is -0.281 e. The molecule has 0 aliphatic carbocycles. The molecule has 4 aromatic carbocycles. The smallest absolute Gasteiger partial charge is 0.0811 e. The van der Waals surface area contributed by atoms with Gasteiger partial charge in [-0.05, 0) is 57.0 Å². The molecule has 2 nitrogen and oxygen atoms in total. The molecule has 0 fully saturated rings. The molecule has 0 radical (unpaired) electrons. The molecule has 0 aliphatic heterocycles. The minimum atomic E-state index is -0.782. The number of aromatic nitrogens is 1. The first kappa shape index (κ1) is 24.4. The van der Waals surface area contributed by atoms with Crippen molar-refractivity contribution >= 4 is 29.4 Å². The van der Waals surface area contributed by atoms with Gasteiger partial charge in [0.05, 0.1) is 17.0 Å². The van der Waals surface area contributed by atoms with Gasteiger partial charge in [0.2, 0.25) is 0 Å². The third-order valence-corrected chi connectivity index (χ3v) is 9.29. The van der Waals surface area contributed by atoms with Crippen molar-refractivity contribution in [2.24, 2.45) is 0 Å². The zero-order valence-electron chi connectivity index (χ0n) is 21.3. The van der Waals surface area contributed by atoms with Crippen LogP contribution in [0.2, 0.25) is 0 Å². The van der Waals surface area contributed by atoms with E-state index in [1.807, 2.05) is 0 Å². The van der Waals surface area contributed by atoms with Crippen LogP contribution in [0, 0.1) is 0 Å². The lowest BCUT2D eigenvalue weighted by molar-refractivity contribution is 0.110. The maximum Gasteiger partial charge on any atom is 0.0811 e. The van der Waals surface area contributed by atoms with Crippen LogP contribution in [0.4, 0.5) is 0 Å². The summed E-state index contributed by atoms with van der Waals surface area (Å²) in [7, 11) is -0.782. The van der Waals surface area contributed by atoms with E-state index >= 15 is 0 Å². The van der Waals surface area contributed by atoms with Gasteiger partial charge >= 0.3 is 0 Å². The molecule has 1 heterocycles. The Morgan fingerprint density at radius 2 is 1.17 bits per heavy atom. The number of benzene rings is 4. The fourth-order valence-electron chi connectivity index (χ4n) is 4.74. The highest BCUT2D eigenvalue weighted by atomic mass is 31.1. The van der Waals surface area contributed by atoms with Gasteiger partial charge in [-0.25, -0.2) is 0 Å². The van der Waals surface area contributed by atoms with Gasteiger partial charge in [-0.2, -0.15) is 0 Å². The van der Waals surface area contributed by atoms with Crippen molar-refractivity contribution in [1.82, 2.24) is 9.88 Å². The molecule has 0 spiro atoms. The SMILES string of the molecule is CC(C)(C)N(Cc1ccccc1)C(c1ccc2ccccc2n1)P(c1ccccc1)c1ccccc1. The van der Waals surface area contributed by atoms with Crippen molar-refractivity contribution in [3.8, 4) is 0 Å². The lowest BCUT2D eigenvalue weighted by Crippen LogP contribution is -2.44. The second-order valence-corrected chi connectivity index (χ2v) is 12.4. The number of para-hydroxylation sites is 1. The molecule has 5 aromatic rings. The summed E-state index contributed by atoms with van der Waals surface area (Å²) in [5, 5.41) is 3.90. The highest BCUT2D eigenvalue weighted by molar-refractivity contribution is 7.73. The highest BCUT2D eigenvalue weighted by Gasteiger charge is 2.38. The van der Waals surface area contributed by atoms with Gasteiger partial charge in [0.1, 0.15) is 0 Å². The van der Waals surface area contributed by atoms with Crippen molar-refractivity contribution in [2.75, 3.05) is 0 Å². The van der Waals surface area contributed by atoms with E-state index < -0.39 is 7.92 Å². The summed E-state index contributed by atoms with van der Waals surface area (Å²) in [6.45, 7) is 7.83. The summed E-state index contributed by atoms with van der Waals surface area (Å²) < 4.78 is 0. The first-order valence-corrected chi connectivity index (χ1v) is 14.0. The Hall–Kier alpha value is -3.32. The second kappa shape index (κ2) is 10.7. The van der Waals surface area contributed by atoms with E-state index in [2.05, 4.69) is 153 Å². The van der Waals surface area contributed by atoms with Crippen molar-refractivity contribution < 1.29 is 0 Å². The predicted molar refractivity (Wildman–Crippen MR) is 155 cm³/mol. The van der Waals surface area contributed by atoms with Crippen molar-refractivity contribution in [3.05, 3.63) is 139 Å². The zero-order valence-corrected chi connectivity index (χ0v) is 22.1. The molecule has 1 aromatic heterocycles. The van der Waals surface area contributed by atoms with E-state index in [-0.39, 0.29) is 11.3 Å². The lowest BCUT2D eigenvalue weighted by atomic mass is 10.0. The first-order chi connectivity index (χ1) is 17.5. The second-order valence-electron chi connectivity index (χ2n) is 10.1. The molecule has 36 heavy (non-hydrogen) atoms. The van der Waals surface area contributed by atoms with Gasteiger partial charge in [-0.15, -0.1) is 0 Å². The van der Waals surface area contributed by atoms with Crippen LogP contribution in [-0.2, 0) is 6.54 Å². The topological polar surface area (TPSA) is 16.1 Å². The van der Waals surface area contributed by atoms with E-state index in [1.54, 1.807) is 0 Å². The number of rotatable bonds is 7. The summed E-state index contributed by atoms with van der Waals surface area (Å²) in [6, 6.07) is 45.8. The molecule has 0 N–H and O–H groups in total. The number of pyridine rings is 1. The molecular weight excluding hydrogens is 455 g/mol. The van der Waals surface area contributed by atoms with E-state index in [9.17, 15) is 0 Å². The normalized spacial score (nSPS) is 12.8. The Kier molecular flexibility index (Phi) is 7.28. The van der Waals surface area contributed by atoms with Gasteiger partial charge < -0.3 is 0 Å². The fraction of sp³-hybridized carbons (Fsp3) is 0.182. The van der Waals surface area contributed by atoms with E-state index in [0.29, 0.717) is 0 Å². The molecular formula is C33H33N2P. The summed E-state index contributed by atoms with van der Waals surface area (Å²) in [5.41, 5.74) is 3.40. The maximum atomic E-state index is 5.30. The molecule has 1 atom stereocenters. The highest BCUT2D eigenvalue weighted by Crippen LogP contribution is 2.53. The van der Waals surface area contributed by atoms with Gasteiger partial charge in [0.25, 0.3) is 0 Å². The zero-order chi connectivity index (χ0) is 25.0. The molecule has 180 valence electrons. The van der Waals surface area contributed by atoms with Gasteiger partial charge in [-0.3, -0.25) is 9.88 Å². The van der Waals surface area contributed by atoms with Crippen LogP contribution in [0.3, 0.4) is 0 Å². The summed E-state index contributed by atoms with van der Waals surface area (Å²) in [4.78, 5) is 7.96. The van der Waals surface area contributed by atoms with Gasteiger partial charge in [-0.1, -0.05) is 115 Å². The lowest BCUT2D eigenvalue weighted by Gasteiger charge is -2.45. The molecule has 0 saturated carbocycles. The standard InChI is InChI=1S/C33H33N2P/c1-33(2,3)35(25-26-15-7-4-8-16-26)32(31-24-23-27-17-13-14-22-30(27)34-31)36(28-18-9-5-10-19-28)29-20-11-6-12-21-29/h4-24,32H,25H2,1-3H3. The Bertz CT molecular complexity index is 1360. The molecule has 0 amide bonds. The van der Waals surface area contributed by atoms with Crippen LogP contribution in [0.15, 0.2) is 127 Å². The number of hydrogen-bond acceptors (Lipinski definition) is 2. The van der Waals surface area contributed by atoms with Crippen molar-refractivity contribution in [3.63, 3.8) is 0 Å². The van der Waals surface area contributed by atoms with Crippen molar-refractivity contribution in [2.45, 2.75) is 38.6 Å². The van der Waals surface area contributed by atoms with Crippen LogP contribution in [0.25, 0.3) is 10.9 Å². The third-order valence-electron chi connectivity index (χ3n) is 6.55. The number of fused-ring (bicyclic) bond motifs is 1. The molecule has 0 aliphatic rings. The van der Waals surface area contributed by atoms with Crippen LogP contribution in [0.5, 0.6) is 0 Å². The number of hydrogen-bond donors (Lipinski definition) is 0. The average molecular weight is 489 g/mol.